The Hall–Kier alpha value is -2.02. The lowest BCUT2D eigenvalue weighted by Crippen LogP contribution is -2.28. The van der Waals surface area contributed by atoms with Gasteiger partial charge in [-0.25, -0.2) is 0 Å². The van der Waals surface area contributed by atoms with Crippen LogP contribution in [0.2, 0.25) is 10.0 Å². The monoisotopic (exact) mass is 406 g/mol. The van der Waals surface area contributed by atoms with E-state index in [0.29, 0.717) is 15.2 Å². The minimum absolute atomic E-state index is 0.115. The maximum Gasteiger partial charge on any atom is 0.230 e. The Bertz CT molecular complexity index is 901. The van der Waals surface area contributed by atoms with Crippen molar-refractivity contribution in [2.75, 3.05) is 5.75 Å². The van der Waals surface area contributed by atoms with Gasteiger partial charge in [0, 0.05) is 15.7 Å². The second-order valence-corrected chi connectivity index (χ2v) is 7.35. The lowest BCUT2D eigenvalue weighted by Gasteiger charge is -2.16. The molecule has 1 amide bonds. The number of para-hydroxylation sites is 1. The second-order valence-electron chi connectivity index (χ2n) is 5.56. The van der Waals surface area contributed by atoms with Gasteiger partial charge in [-0.15, -0.1) is 10.2 Å². The molecule has 8 heteroatoms. The third-order valence-electron chi connectivity index (χ3n) is 3.69. The quantitative estimate of drug-likeness (QED) is 0.610. The number of aromatic nitrogens is 3. The fourth-order valence-electron chi connectivity index (χ4n) is 2.43. The third kappa shape index (κ3) is 4.58. The lowest BCUT2D eigenvalue weighted by atomic mass is 10.1. The van der Waals surface area contributed by atoms with E-state index in [-0.39, 0.29) is 17.7 Å². The third-order valence-corrected chi connectivity index (χ3v) is 5.20. The van der Waals surface area contributed by atoms with Crippen LogP contribution in [0.5, 0.6) is 0 Å². The Balaban J connectivity index is 1.61. The molecule has 26 heavy (non-hydrogen) atoms. The first-order chi connectivity index (χ1) is 12.5. The molecule has 0 aliphatic heterocycles. The Morgan fingerprint density at radius 1 is 1.23 bits per heavy atom. The summed E-state index contributed by atoms with van der Waals surface area (Å²) < 4.78 is 1.84. The molecule has 134 valence electrons. The Labute approximate surface area is 165 Å². The molecule has 0 aliphatic rings. The van der Waals surface area contributed by atoms with Crippen LogP contribution in [0.25, 0.3) is 5.69 Å². The van der Waals surface area contributed by atoms with E-state index in [1.165, 1.54) is 11.8 Å². The molecule has 0 fully saturated rings. The molecule has 0 radical (unpaired) electrons. The number of nitrogens with one attached hydrogen (secondary N) is 1. The standard InChI is InChI=1S/C18H16Cl2N4OS/c1-12(15-8-7-13(19)9-16(15)20)22-17(25)10-26-18-23-21-11-24(18)14-5-3-2-4-6-14/h2-9,11-12H,10H2,1H3,(H,22,25). The summed E-state index contributed by atoms with van der Waals surface area (Å²) in [6.07, 6.45) is 1.63. The fourth-order valence-corrected chi connectivity index (χ4v) is 3.74. The molecule has 5 nitrogen and oxygen atoms in total. The number of halogens is 2. The van der Waals surface area contributed by atoms with Crippen molar-refractivity contribution in [2.24, 2.45) is 0 Å². The topological polar surface area (TPSA) is 59.8 Å². The molecule has 3 rings (SSSR count). The first-order valence-corrected chi connectivity index (χ1v) is 9.61. The number of benzene rings is 2. The number of carbonyl (C=O) groups excluding carboxylic acids is 1. The molecule has 0 saturated heterocycles. The van der Waals surface area contributed by atoms with Crippen molar-refractivity contribution in [3.05, 3.63) is 70.5 Å². The summed E-state index contributed by atoms with van der Waals surface area (Å²) in [6.45, 7) is 1.88. The van der Waals surface area contributed by atoms with Gasteiger partial charge < -0.3 is 5.32 Å². The van der Waals surface area contributed by atoms with Gasteiger partial charge in [-0.1, -0.05) is 59.2 Å². The first kappa shape index (κ1) is 18.8. The van der Waals surface area contributed by atoms with Crippen LogP contribution >= 0.6 is 35.0 Å². The summed E-state index contributed by atoms with van der Waals surface area (Å²) in [6, 6.07) is 14.7. The molecule has 0 aliphatic carbocycles. The van der Waals surface area contributed by atoms with Crippen LogP contribution in [0.1, 0.15) is 18.5 Å². The summed E-state index contributed by atoms with van der Waals surface area (Å²) in [5.41, 5.74) is 1.77. The van der Waals surface area contributed by atoms with E-state index in [2.05, 4.69) is 15.5 Å². The lowest BCUT2D eigenvalue weighted by molar-refractivity contribution is -0.119. The maximum atomic E-state index is 12.3. The van der Waals surface area contributed by atoms with E-state index < -0.39 is 0 Å². The minimum Gasteiger partial charge on any atom is -0.349 e. The zero-order valence-electron chi connectivity index (χ0n) is 13.9. The number of amides is 1. The van der Waals surface area contributed by atoms with Crippen molar-refractivity contribution in [3.63, 3.8) is 0 Å². The average molecular weight is 407 g/mol. The molecule has 1 unspecified atom stereocenters. The summed E-state index contributed by atoms with van der Waals surface area (Å²) in [5.74, 6) is 0.109. The van der Waals surface area contributed by atoms with Gasteiger partial charge in [0.15, 0.2) is 5.16 Å². The largest absolute Gasteiger partial charge is 0.349 e. The molecule has 0 saturated carbocycles. The molecule has 3 aromatic rings. The SMILES string of the molecule is CC(NC(=O)CSc1nncn1-c1ccccc1)c1ccc(Cl)cc1Cl. The zero-order chi connectivity index (χ0) is 18.5. The van der Waals surface area contributed by atoms with Gasteiger partial charge in [-0.05, 0) is 36.8 Å². The van der Waals surface area contributed by atoms with Crippen LogP contribution in [0.3, 0.4) is 0 Å². The molecular weight excluding hydrogens is 391 g/mol. The van der Waals surface area contributed by atoms with E-state index in [1.807, 2.05) is 47.9 Å². The molecule has 1 aromatic heterocycles. The highest BCUT2D eigenvalue weighted by atomic mass is 35.5. The second kappa shape index (κ2) is 8.58. The van der Waals surface area contributed by atoms with Crippen molar-refractivity contribution in [1.82, 2.24) is 20.1 Å². The van der Waals surface area contributed by atoms with E-state index in [9.17, 15) is 4.79 Å². The molecule has 0 bridgehead atoms. The van der Waals surface area contributed by atoms with Crippen LogP contribution < -0.4 is 5.32 Å². The van der Waals surface area contributed by atoms with Crippen LogP contribution in [0.4, 0.5) is 0 Å². The van der Waals surface area contributed by atoms with Crippen LogP contribution in [0, 0.1) is 0 Å². The van der Waals surface area contributed by atoms with Crippen molar-refractivity contribution >= 4 is 40.9 Å². The predicted octanol–water partition coefficient (Wildman–Crippen LogP) is 4.54. The predicted molar refractivity (Wildman–Crippen MR) is 105 cm³/mol. The van der Waals surface area contributed by atoms with Crippen LogP contribution in [-0.4, -0.2) is 26.4 Å². The summed E-state index contributed by atoms with van der Waals surface area (Å²) in [7, 11) is 0. The Morgan fingerprint density at radius 3 is 2.73 bits per heavy atom. The van der Waals surface area contributed by atoms with Gasteiger partial charge in [0.1, 0.15) is 6.33 Å². The molecule has 2 aromatic carbocycles. The number of nitrogens with zero attached hydrogens (tertiary/aromatic N) is 3. The van der Waals surface area contributed by atoms with Gasteiger partial charge >= 0.3 is 0 Å². The Kier molecular flexibility index (Phi) is 6.19. The average Bonchev–Trinajstić information content (AvgIpc) is 3.09. The normalized spacial score (nSPS) is 12.0. The van der Waals surface area contributed by atoms with Crippen molar-refractivity contribution in [2.45, 2.75) is 18.1 Å². The Morgan fingerprint density at radius 2 is 2.00 bits per heavy atom. The van der Waals surface area contributed by atoms with Gasteiger partial charge in [0.2, 0.25) is 5.91 Å². The number of thioether (sulfide) groups is 1. The minimum atomic E-state index is -0.222. The number of carbonyl (C=O) groups is 1. The zero-order valence-corrected chi connectivity index (χ0v) is 16.2. The van der Waals surface area contributed by atoms with E-state index in [1.54, 1.807) is 18.5 Å². The highest BCUT2D eigenvalue weighted by Crippen LogP contribution is 2.26. The van der Waals surface area contributed by atoms with Gasteiger partial charge in [0.25, 0.3) is 0 Å². The van der Waals surface area contributed by atoms with Crippen LogP contribution in [0.15, 0.2) is 60.0 Å². The summed E-state index contributed by atoms with van der Waals surface area (Å²) in [4.78, 5) is 12.3. The molecule has 1 heterocycles. The van der Waals surface area contributed by atoms with E-state index in [0.717, 1.165) is 11.3 Å². The molecule has 1 atom stereocenters. The van der Waals surface area contributed by atoms with Gasteiger partial charge in [-0.2, -0.15) is 0 Å². The summed E-state index contributed by atoms with van der Waals surface area (Å²) in [5, 5.41) is 12.7. The van der Waals surface area contributed by atoms with Crippen molar-refractivity contribution in [3.8, 4) is 5.69 Å². The first-order valence-electron chi connectivity index (χ1n) is 7.87. The smallest absolute Gasteiger partial charge is 0.230 e. The van der Waals surface area contributed by atoms with Crippen molar-refractivity contribution < 1.29 is 4.79 Å². The number of rotatable bonds is 6. The molecular formula is C18H16Cl2N4OS. The maximum absolute atomic E-state index is 12.3. The molecule has 1 N–H and O–H groups in total. The number of hydrogen-bond donors (Lipinski definition) is 1. The van der Waals surface area contributed by atoms with E-state index in [4.69, 9.17) is 23.2 Å². The summed E-state index contributed by atoms with van der Waals surface area (Å²) >= 11 is 13.4. The van der Waals surface area contributed by atoms with Crippen LogP contribution in [-0.2, 0) is 4.79 Å². The van der Waals surface area contributed by atoms with E-state index >= 15 is 0 Å². The van der Waals surface area contributed by atoms with Gasteiger partial charge in [0.05, 0.1) is 11.8 Å². The number of hydrogen-bond acceptors (Lipinski definition) is 4. The van der Waals surface area contributed by atoms with Crippen molar-refractivity contribution in [1.29, 1.82) is 0 Å². The van der Waals surface area contributed by atoms with Gasteiger partial charge in [-0.3, -0.25) is 9.36 Å². The molecule has 0 spiro atoms. The highest BCUT2D eigenvalue weighted by molar-refractivity contribution is 7.99. The highest BCUT2D eigenvalue weighted by Gasteiger charge is 2.15. The fraction of sp³-hybridized carbons (Fsp3) is 0.167.